The van der Waals surface area contributed by atoms with Gasteiger partial charge in [-0.25, -0.2) is 4.98 Å². The van der Waals surface area contributed by atoms with Crippen molar-refractivity contribution in [2.45, 2.75) is 37.6 Å². The Labute approximate surface area is 102 Å². The third-order valence-electron chi connectivity index (χ3n) is 4.17. The summed E-state index contributed by atoms with van der Waals surface area (Å²) in [4.78, 5) is 7.16. The normalized spacial score (nSPS) is 29.5. The van der Waals surface area contributed by atoms with Crippen LogP contribution >= 0.6 is 0 Å². The van der Waals surface area contributed by atoms with Crippen LogP contribution < -0.4 is 0 Å². The molecular weight excluding hydrogens is 214 g/mol. The van der Waals surface area contributed by atoms with Gasteiger partial charge in [-0.15, -0.1) is 0 Å². The summed E-state index contributed by atoms with van der Waals surface area (Å²) in [7, 11) is 2.17. The van der Waals surface area contributed by atoms with Gasteiger partial charge in [0.05, 0.1) is 12.3 Å². The molecule has 17 heavy (non-hydrogen) atoms. The number of aromatic nitrogens is 2. The number of aryl methyl sites for hydroxylation is 1. The van der Waals surface area contributed by atoms with Crippen LogP contribution in [0.2, 0.25) is 0 Å². The number of aliphatic hydroxyl groups is 1. The lowest BCUT2D eigenvalue weighted by Crippen LogP contribution is -2.18. The molecule has 1 aromatic rings. The Kier molecular flexibility index (Phi) is 2.92. The molecule has 1 N–H and O–H groups in total. The third kappa shape index (κ3) is 2.00. The molecule has 0 spiro atoms. The van der Waals surface area contributed by atoms with E-state index >= 15 is 0 Å². The lowest BCUT2D eigenvalue weighted by molar-refractivity contribution is 0.238. The van der Waals surface area contributed by atoms with Crippen LogP contribution in [0.15, 0.2) is 6.20 Å². The first-order valence-corrected chi connectivity index (χ1v) is 6.64. The van der Waals surface area contributed by atoms with E-state index in [0.29, 0.717) is 5.92 Å². The van der Waals surface area contributed by atoms with E-state index in [1.54, 1.807) is 0 Å². The molecule has 4 nitrogen and oxygen atoms in total. The summed E-state index contributed by atoms with van der Waals surface area (Å²) < 4.78 is 2.26. The lowest BCUT2D eigenvalue weighted by atomic mass is 10.0. The largest absolute Gasteiger partial charge is 0.396 e. The Bertz CT molecular complexity index is 401. The first-order chi connectivity index (χ1) is 8.28. The molecule has 1 aromatic heterocycles. The Balaban J connectivity index is 1.85. The van der Waals surface area contributed by atoms with Crippen molar-refractivity contribution >= 4 is 0 Å². The van der Waals surface area contributed by atoms with Crippen molar-refractivity contribution in [2.75, 3.05) is 26.7 Å². The van der Waals surface area contributed by atoms with Crippen LogP contribution in [0.5, 0.6) is 0 Å². The summed E-state index contributed by atoms with van der Waals surface area (Å²) in [6.45, 7) is 3.61. The van der Waals surface area contributed by atoms with Crippen LogP contribution in [0, 0.1) is 0 Å². The van der Waals surface area contributed by atoms with E-state index in [0.717, 1.165) is 25.3 Å². The van der Waals surface area contributed by atoms with Gasteiger partial charge in [0.15, 0.2) is 0 Å². The molecule has 94 valence electrons. The van der Waals surface area contributed by atoms with Gasteiger partial charge in [0.2, 0.25) is 0 Å². The van der Waals surface area contributed by atoms with E-state index in [2.05, 4.69) is 22.7 Å². The van der Waals surface area contributed by atoms with E-state index < -0.39 is 0 Å². The smallest absolute Gasteiger partial charge is 0.114 e. The zero-order valence-electron chi connectivity index (χ0n) is 10.5. The summed E-state index contributed by atoms with van der Waals surface area (Å²) in [5.41, 5.74) is 1.24. The summed E-state index contributed by atoms with van der Waals surface area (Å²) in [5.74, 6) is 1.97. The fraction of sp³-hybridized carbons (Fsp3) is 0.769. The minimum atomic E-state index is 0.237. The van der Waals surface area contributed by atoms with Gasteiger partial charge in [0, 0.05) is 31.1 Å². The SMILES string of the molecule is CN1CCC(c2cn3c(n2)C(CO)CCC3)C1. The van der Waals surface area contributed by atoms with E-state index in [4.69, 9.17) is 4.98 Å². The highest BCUT2D eigenvalue weighted by Gasteiger charge is 2.27. The second-order valence-corrected chi connectivity index (χ2v) is 5.49. The van der Waals surface area contributed by atoms with Gasteiger partial charge in [-0.05, 0) is 32.9 Å². The van der Waals surface area contributed by atoms with E-state index in [-0.39, 0.29) is 12.5 Å². The molecule has 2 unspecified atom stereocenters. The Morgan fingerprint density at radius 3 is 3.00 bits per heavy atom. The average molecular weight is 235 g/mol. The molecule has 0 radical (unpaired) electrons. The number of imidazole rings is 1. The van der Waals surface area contributed by atoms with Crippen LogP contribution in [0.3, 0.4) is 0 Å². The quantitative estimate of drug-likeness (QED) is 0.836. The maximum absolute atomic E-state index is 9.39. The van der Waals surface area contributed by atoms with E-state index in [1.807, 2.05) is 0 Å². The second-order valence-electron chi connectivity index (χ2n) is 5.49. The van der Waals surface area contributed by atoms with Crippen molar-refractivity contribution in [1.82, 2.24) is 14.5 Å². The molecule has 2 aliphatic rings. The number of nitrogens with zero attached hydrogens (tertiary/aromatic N) is 3. The highest BCUT2D eigenvalue weighted by Crippen LogP contribution is 2.31. The van der Waals surface area contributed by atoms with Gasteiger partial charge in [-0.2, -0.15) is 0 Å². The van der Waals surface area contributed by atoms with Gasteiger partial charge >= 0.3 is 0 Å². The number of aliphatic hydroxyl groups excluding tert-OH is 1. The molecule has 0 amide bonds. The second kappa shape index (κ2) is 4.42. The molecule has 3 heterocycles. The van der Waals surface area contributed by atoms with Gasteiger partial charge in [-0.3, -0.25) is 0 Å². The first kappa shape index (κ1) is 11.2. The van der Waals surface area contributed by atoms with Crippen molar-refractivity contribution in [1.29, 1.82) is 0 Å². The first-order valence-electron chi connectivity index (χ1n) is 6.64. The van der Waals surface area contributed by atoms with E-state index in [1.165, 1.54) is 25.1 Å². The summed E-state index contributed by atoms with van der Waals surface area (Å²) in [5, 5.41) is 9.39. The number of rotatable bonds is 2. The summed E-state index contributed by atoms with van der Waals surface area (Å²) >= 11 is 0. The van der Waals surface area contributed by atoms with Crippen molar-refractivity contribution < 1.29 is 5.11 Å². The molecule has 1 fully saturated rings. The third-order valence-corrected chi connectivity index (χ3v) is 4.17. The fourth-order valence-corrected chi connectivity index (χ4v) is 3.14. The number of fused-ring (bicyclic) bond motifs is 1. The van der Waals surface area contributed by atoms with Crippen LogP contribution in [-0.2, 0) is 6.54 Å². The highest BCUT2D eigenvalue weighted by atomic mass is 16.3. The Morgan fingerprint density at radius 1 is 1.41 bits per heavy atom. The van der Waals surface area contributed by atoms with Crippen molar-refractivity contribution in [3.63, 3.8) is 0 Å². The van der Waals surface area contributed by atoms with E-state index in [9.17, 15) is 5.11 Å². The predicted molar refractivity (Wildman–Crippen MR) is 66.1 cm³/mol. The minimum Gasteiger partial charge on any atom is -0.396 e. The topological polar surface area (TPSA) is 41.3 Å². The molecule has 0 bridgehead atoms. The summed E-state index contributed by atoms with van der Waals surface area (Å²) in [6, 6.07) is 0. The number of likely N-dealkylation sites (N-methyl/N-ethyl adjacent to an activating group) is 1. The molecule has 2 aliphatic heterocycles. The molecule has 2 atom stereocenters. The maximum Gasteiger partial charge on any atom is 0.114 e. The molecule has 1 saturated heterocycles. The Hall–Kier alpha value is -0.870. The van der Waals surface area contributed by atoms with Crippen LogP contribution in [0.1, 0.15) is 42.6 Å². The molecule has 0 saturated carbocycles. The predicted octanol–water partition coefficient (Wildman–Crippen LogP) is 1.17. The monoisotopic (exact) mass is 235 g/mol. The van der Waals surface area contributed by atoms with Gasteiger partial charge < -0.3 is 14.6 Å². The van der Waals surface area contributed by atoms with Crippen molar-refractivity contribution in [2.24, 2.45) is 0 Å². The molecular formula is C13H21N3O. The Morgan fingerprint density at radius 2 is 2.29 bits per heavy atom. The summed E-state index contributed by atoms with van der Waals surface area (Å²) in [6.07, 6.45) is 5.69. The molecule has 0 aliphatic carbocycles. The van der Waals surface area contributed by atoms with Crippen LogP contribution in [0.4, 0.5) is 0 Å². The number of hydrogen-bond donors (Lipinski definition) is 1. The number of hydrogen-bond acceptors (Lipinski definition) is 3. The van der Waals surface area contributed by atoms with Crippen LogP contribution in [0.25, 0.3) is 0 Å². The lowest BCUT2D eigenvalue weighted by Gasteiger charge is -2.21. The zero-order valence-corrected chi connectivity index (χ0v) is 10.5. The van der Waals surface area contributed by atoms with Crippen LogP contribution in [-0.4, -0.2) is 46.3 Å². The molecule has 3 rings (SSSR count). The number of likely N-dealkylation sites (tertiary alicyclic amines) is 1. The molecule has 0 aromatic carbocycles. The fourth-order valence-electron chi connectivity index (χ4n) is 3.14. The zero-order chi connectivity index (χ0) is 11.8. The average Bonchev–Trinajstić information content (AvgIpc) is 2.93. The highest BCUT2D eigenvalue weighted by molar-refractivity contribution is 5.16. The molecule has 4 heteroatoms. The van der Waals surface area contributed by atoms with Gasteiger partial charge in [-0.1, -0.05) is 0 Å². The van der Waals surface area contributed by atoms with Crippen molar-refractivity contribution in [3.8, 4) is 0 Å². The maximum atomic E-state index is 9.39. The van der Waals surface area contributed by atoms with Crippen molar-refractivity contribution in [3.05, 3.63) is 17.7 Å². The minimum absolute atomic E-state index is 0.237. The standard InChI is InChI=1S/C13H21N3O/c1-15-6-4-10(7-15)12-8-16-5-2-3-11(9-17)13(16)14-12/h8,10-11,17H,2-7,9H2,1H3. The van der Waals surface area contributed by atoms with Gasteiger partial charge in [0.1, 0.15) is 5.82 Å². The van der Waals surface area contributed by atoms with Gasteiger partial charge in [0.25, 0.3) is 0 Å².